The Hall–Kier alpha value is -4.36. The van der Waals surface area contributed by atoms with Gasteiger partial charge in [-0.3, -0.25) is 0 Å². The minimum atomic E-state index is -0.825. The number of hydrogen-bond acceptors (Lipinski definition) is 6. The summed E-state index contributed by atoms with van der Waals surface area (Å²) in [4.78, 5) is 27.2. The highest BCUT2D eigenvalue weighted by molar-refractivity contribution is 9.10. The molecule has 4 aromatic rings. The number of rotatable bonds is 8. The molecule has 0 unspecified atom stereocenters. The van der Waals surface area contributed by atoms with Gasteiger partial charge >= 0.3 is 11.9 Å². The van der Waals surface area contributed by atoms with Gasteiger partial charge in [-0.25, -0.2) is 9.59 Å². The van der Waals surface area contributed by atoms with Crippen molar-refractivity contribution >= 4 is 27.9 Å². The lowest BCUT2D eigenvalue weighted by Gasteiger charge is -2.29. The monoisotopic (exact) mass is 597 g/mol. The van der Waals surface area contributed by atoms with E-state index < -0.39 is 17.9 Å². The Kier molecular flexibility index (Phi) is 8.31. The smallest absolute Gasteiger partial charge is 0.337 e. The maximum Gasteiger partial charge on any atom is 0.337 e. The van der Waals surface area contributed by atoms with Crippen molar-refractivity contribution in [3.63, 3.8) is 0 Å². The molecule has 0 saturated heterocycles. The highest BCUT2D eigenvalue weighted by Gasteiger charge is 2.40. The Bertz CT molecular complexity index is 1510. The molecule has 0 fully saturated rings. The first-order valence-corrected chi connectivity index (χ1v) is 13.7. The molecule has 1 N–H and O–H groups in total. The second-order valence-corrected chi connectivity index (χ2v) is 10.4. The van der Waals surface area contributed by atoms with E-state index in [0.717, 1.165) is 21.2 Å². The van der Waals surface area contributed by atoms with Crippen molar-refractivity contribution in [1.82, 2.24) is 5.32 Å². The molecule has 6 nitrogen and oxygen atoms in total. The van der Waals surface area contributed by atoms with Crippen molar-refractivity contribution in [3.05, 3.63) is 141 Å². The van der Waals surface area contributed by atoms with Crippen molar-refractivity contribution in [2.45, 2.75) is 33.0 Å². The van der Waals surface area contributed by atoms with Gasteiger partial charge in [0, 0.05) is 21.4 Å². The summed E-state index contributed by atoms with van der Waals surface area (Å²) in [7, 11) is 0. The van der Waals surface area contributed by atoms with E-state index in [1.807, 2.05) is 91.0 Å². The quantitative estimate of drug-likeness (QED) is 0.213. The van der Waals surface area contributed by atoms with E-state index in [1.54, 1.807) is 19.9 Å². The zero-order valence-electron chi connectivity index (χ0n) is 22.1. The summed E-state index contributed by atoms with van der Waals surface area (Å²) in [6.07, 6.45) is 0. The molecular formula is C33H28BrNO5. The van der Waals surface area contributed by atoms with Crippen LogP contribution in [0.4, 0.5) is 0 Å². The highest BCUT2D eigenvalue weighted by atomic mass is 79.9. The predicted molar refractivity (Wildman–Crippen MR) is 156 cm³/mol. The van der Waals surface area contributed by atoms with Crippen molar-refractivity contribution in [2.75, 3.05) is 0 Å². The number of benzene rings is 3. The van der Waals surface area contributed by atoms with Crippen LogP contribution < -0.4 is 5.32 Å². The molecule has 0 atom stereocenters. The van der Waals surface area contributed by atoms with Crippen LogP contribution in [-0.2, 0) is 32.3 Å². The second-order valence-electron chi connectivity index (χ2n) is 9.47. The molecule has 7 heteroatoms. The standard InChI is InChI=1S/C33H28BrNO5/c1-21-29(32(36)38-19-23-10-5-3-6-11-23)31(28-17-16-27(40-28)25-14-9-15-26(34)18-25)30(22(2)35-21)33(37)39-20-24-12-7-4-8-13-24/h3-18,31,35H,19-20H2,1-2H3. The van der Waals surface area contributed by atoms with Crippen LogP contribution in [0, 0.1) is 0 Å². The number of carbonyl (C=O) groups is 2. The number of allylic oxidation sites excluding steroid dienone is 2. The summed E-state index contributed by atoms with van der Waals surface area (Å²) in [6, 6.07) is 30.3. The van der Waals surface area contributed by atoms with Gasteiger partial charge in [-0.1, -0.05) is 88.7 Å². The third-order valence-corrected chi connectivity index (χ3v) is 7.14. The Morgan fingerprint density at radius 2 is 1.30 bits per heavy atom. The van der Waals surface area contributed by atoms with Crippen molar-refractivity contribution < 1.29 is 23.5 Å². The van der Waals surface area contributed by atoms with Gasteiger partial charge in [-0.2, -0.15) is 0 Å². The third kappa shape index (κ3) is 6.10. The number of furan rings is 1. The summed E-state index contributed by atoms with van der Waals surface area (Å²) in [5.41, 5.74) is 4.34. The van der Waals surface area contributed by atoms with Gasteiger partial charge < -0.3 is 19.2 Å². The van der Waals surface area contributed by atoms with Crippen LogP contribution in [0.25, 0.3) is 11.3 Å². The number of dihydropyridines is 1. The topological polar surface area (TPSA) is 77.8 Å². The fourth-order valence-corrected chi connectivity index (χ4v) is 5.13. The zero-order chi connectivity index (χ0) is 28.1. The summed E-state index contributed by atoms with van der Waals surface area (Å²) in [5, 5.41) is 3.19. The largest absolute Gasteiger partial charge is 0.460 e. The minimum Gasteiger partial charge on any atom is -0.460 e. The van der Waals surface area contributed by atoms with Crippen molar-refractivity contribution in [1.29, 1.82) is 0 Å². The van der Waals surface area contributed by atoms with Crippen LogP contribution in [0.5, 0.6) is 0 Å². The first kappa shape index (κ1) is 27.2. The third-order valence-electron chi connectivity index (χ3n) is 6.65. The lowest BCUT2D eigenvalue weighted by Crippen LogP contribution is -2.32. The van der Waals surface area contributed by atoms with Gasteiger partial charge in [-0.15, -0.1) is 0 Å². The first-order chi connectivity index (χ1) is 19.4. The highest BCUT2D eigenvalue weighted by Crippen LogP contribution is 2.41. The Morgan fingerprint density at radius 1 is 0.750 bits per heavy atom. The van der Waals surface area contributed by atoms with Crippen LogP contribution in [0.3, 0.4) is 0 Å². The molecule has 0 saturated carbocycles. The second kappa shape index (κ2) is 12.2. The number of hydrogen-bond donors (Lipinski definition) is 1. The molecule has 0 spiro atoms. The molecule has 0 radical (unpaired) electrons. The van der Waals surface area contributed by atoms with E-state index in [0.29, 0.717) is 34.1 Å². The maximum atomic E-state index is 13.6. The Morgan fingerprint density at radius 3 is 1.82 bits per heavy atom. The molecular weight excluding hydrogens is 570 g/mol. The lowest BCUT2D eigenvalue weighted by molar-refractivity contribution is -0.141. The van der Waals surface area contributed by atoms with Gasteiger partial charge in [-0.05, 0) is 49.2 Å². The molecule has 2 heterocycles. The normalized spacial score (nSPS) is 13.7. The SMILES string of the molecule is CC1=C(C(=O)OCc2ccccc2)C(c2ccc(-c3cccc(Br)c3)o2)C(C(=O)OCc2ccccc2)=C(C)N1. The lowest BCUT2D eigenvalue weighted by atomic mass is 9.83. The first-order valence-electron chi connectivity index (χ1n) is 12.9. The molecule has 0 amide bonds. The van der Waals surface area contributed by atoms with E-state index in [1.165, 1.54) is 0 Å². The molecule has 1 aliphatic heterocycles. The van der Waals surface area contributed by atoms with Crippen molar-refractivity contribution in [3.8, 4) is 11.3 Å². The average Bonchev–Trinajstić information content (AvgIpc) is 3.46. The van der Waals surface area contributed by atoms with E-state index in [2.05, 4.69) is 21.2 Å². The maximum absolute atomic E-state index is 13.6. The van der Waals surface area contributed by atoms with E-state index in [9.17, 15) is 9.59 Å². The Labute approximate surface area is 241 Å². The Balaban J connectivity index is 1.50. The van der Waals surface area contributed by atoms with Gasteiger partial charge in [0.25, 0.3) is 0 Å². The summed E-state index contributed by atoms with van der Waals surface area (Å²) in [5.74, 6) is -0.860. The molecule has 0 aliphatic carbocycles. The molecule has 40 heavy (non-hydrogen) atoms. The molecule has 1 aliphatic rings. The van der Waals surface area contributed by atoms with Crippen LogP contribution >= 0.6 is 15.9 Å². The average molecular weight is 598 g/mol. The molecule has 0 bridgehead atoms. The van der Waals surface area contributed by atoms with Gasteiger partial charge in [0.1, 0.15) is 24.7 Å². The number of halogens is 1. The predicted octanol–water partition coefficient (Wildman–Crippen LogP) is 7.43. The molecule has 5 rings (SSSR count). The van der Waals surface area contributed by atoms with Crippen molar-refractivity contribution in [2.24, 2.45) is 0 Å². The van der Waals surface area contributed by atoms with Crippen LogP contribution in [0.1, 0.15) is 36.7 Å². The molecule has 3 aromatic carbocycles. The van der Waals surface area contributed by atoms with E-state index in [4.69, 9.17) is 13.9 Å². The fraction of sp³-hybridized carbons (Fsp3) is 0.152. The number of carbonyl (C=O) groups excluding carboxylic acids is 2. The van der Waals surface area contributed by atoms with E-state index in [-0.39, 0.29) is 13.2 Å². The van der Waals surface area contributed by atoms with Gasteiger partial charge in [0.2, 0.25) is 0 Å². The van der Waals surface area contributed by atoms with Gasteiger partial charge in [0.15, 0.2) is 0 Å². The number of esters is 2. The summed E-state index contributed by atoms with van der Waals surface area (Å²) >= 11 is 3.50. The van der Waals surface area contributed by atoms with Crippen LogP contribution in [0.2, 0.25) is 0 Å². The number of nitrogens with one attached hydrogen (secondary N) is 1. The molecule has 202 valence electrons. The summed E-state index contributed by atoms with van der Waals surface area (Å²) < 4.78 is 18.7. The van der Waals surface area contributed by atoms with E-state index >= 15 is 0 Å². The van der Waals surface area contributed by atoms with Crippen LogP contribution in [-0.4, -0.2) is 11.9 Å². The zero-order valence-corrected chi connectivity index (χ0v) is 23.7. The fourth-order valence-electron chi connectivity index (χ4n) is 4.73. The van der Waals surface area contributed by atoms with Gasteiger partial charge in [0.05, 0.1) is 17.1 Å². The summed E-state index contributed by atoms with van der Waals surface area (Å²) in [6.45, 7) is 3.78. The number of ether oxygens (including phenoxy) is 2. The van der Waals surface area contributed by atoms with Crippen LogP contribution in [0.15, 0.2) is 128 Å². The minimum absolute atomic E-state index is 0.0983. The molecule has 1 aromatic heterocycles.